The molecule has 0 fully saturated rings. The molecule has 0 bridgehead atoms. The monoisotopic (exact) mass is 347 g/mol. The van der Waals surface area contributed by atoms with Crippen LogP contribution in [0.5, 0.6) is 0 Å². The van der Waals surface area contributed by atoms with Gasteiger partial charge in [-0.2, -0.15) is 4.72 Å². The molecule has 1 unspecified atom stereocenters. The Bertz CT molecular complexity index is 493. The van der Waals surface area contributed by atoms with Crippen molar-refractivity contribution in [1.29, 1.82) is 0 Å². The zero-order valence-corrected chi connectivity index (χ0v) is 11.9. The van der Waals surface area contributed by atoms with E-state index in [1.807, 2.05) is 4.72 Å². The van der Waals surface area contributed by atoms with Gasteiger partial charge in [-0.05, 0) is 28.9 Å². The van der Waals surface area contributed by atoms with Gasteiger partial charge in [0.2, 0.25) is 0 Å². The third-order valence-electron chi connectivity index (χ3n) is 1.59. The van der Waals surface area contributed by atoms with Crippen LogP contribution in [0.4, 0.5) is 0 Å². The first kappa shape index (κ1) is 13.9. The maximum Gasteiger partial charge on any atom is 0.321 e. The van der Waals surface area contributed by atoms with Gasteiger partial charge < -0.3 is 5.11 Å². The molecule has 9 heteroatoms. The highest BCUT2D eigenvalue weighted by molar-refractivity contribution is 9.11. The van der Waals surface area contributed by atoms with Crippen LogP contribution in [0.15, 0.2) is 14.1 Å². The minimum Gasteiger partial charge on any atom is -0.480 e. The quantitative estimate of drug-likeness (QED) is 0.870. The lowest BCUT2D eigenvalue weighted by Gasteiger charge is -2.07. The fraction of sp³-hybridized carbons (Fsp3) is 0.286. The number of carbonyl (C=O) groups is 1. The number of aliphatic carboxylic acids is 1. The van der Waals surface area contributed by atoms with E-state index >= 15 is 0 Å². The fourth-order valence-electron chi connectivity index (χ4n) is 0.800. The standard InChI is InChI=1S/C7H7BrClNO4S2/c1-3(7(11)12)10-16(13,14)5-2-4(9)6(8)15-5/h2-3,10H,1H3,(H,11,12). The van der Waals surface area contributed by atoms with Crippen molar-refractivity contribution in [3.05, 3.63) is 14.9 Å². The van der Waals surface area contributed by atoms with Gasteiger partial charge in [0.25, 0.3) is 10.0 Å². The van der Waals surface area contributed by atoms with Crippen LogP contribution in [0, 0.1) is 0 Å². The molecular weight excluding hydrogens is 342 g/mol. The van der Waals surface area contributed by atoms with Crippen LogP contribution in [0.2, 0.25) is 5.02 Å². The molecule has 1 aromatic rings. The van der Waals surface area contributed by atoms with E-state index in [4.69, 9.17) is 16.7 Å². The lowest BCUT2D eigenvalue weighted by molar-refractivity contribution is -0.138. The maximum atomic E-state index is 11.7. The average Bonchev–Trinajstić information content (AvgIpc) is 2.47. The second-order valence-electron chi connectivity index (χ2n) is 2.87. The molecule has 5 nitrogen and oxygen atoms in total. The van der Waals surface area contributed by atoms with Crippen LogP contribution >= 0.6 is 38.9 Å². The smallest absolute Gasteiger partial charge is 0.321 e. The van der Waals surface area contributed by atoms with Crippen LogP contribution < -0.4 is 4.72 Å². The molecule has 1 rings (SSSR count). The normalized spacial score (nSPS) is 13.7. The van der Waals surface area contributed by atoms with Gasteiger partial charge in [0.1, 0.15) is 10.3 Å². The number of halogens is 2. The van der Waals surface area contributed by atoms with E-state index in [9.17, 15) is 13.2 Å². The molecule has 90 valence electrons. The Morgan fingerprint density at radius 3 is 2.62 bits per heavy atom. The summed E-state index contributed by atoms with van der Waals surface area (Å²) in [5.74, 6) is -1.25. The molecule has 1 heterocycles. The zero-order valence-electron chi connectivity index (χ0n) is 7.90. The topological polar surface area (TPSA) is 83.5 Å². The third-order valence-corrected chi connectivity index (χ3v) is 6.08. The van der Waals surface area contributed by atoms with E-state index in [0.717, 1.165) is 11.3 Å². The van der Waals surface area contributed by atoms with Gasteiger partial charge in [-0.3, -0.25) is 4.79 Å². The van der Waals surface area contributed by atoms with E-state index in [1.165, 1.54) is 13.0 Å². The highest BCUT2D eigenvalue weighted by Crippen LogP contribution is 2.34. The Hall–Kier alpha value is -0.150. The number of carboxylic acid groups (broad SMARTS) is 1. The van der Waals surface area contributed by atoms with Crippen molar-refractivity contribution in [1.82, 2.24) is 4.72 Å². The number of nitrogens with one attached hydrogen (secondary N) is 1. The Labute approximate surface area is 110 Å². The van der Waals surface area contributed by atoms with Crippen molar-refractivity contribution in [2.75, 3.05) is 0 Å². The molecule has 0 aliphatic carbocycles. The molecule has 0 aliphatic rings. The number of thiophene rings is 1. The number of rotatable bonds is 4. The van der Waals surface area contributed by atoms with Crippen molar-refractivity contribution in [3.8, 4) is 0 Å². The van der Waals surface area contributed by atoms with Crippen LogP contribution in [0.25, 0.3) is 0 Å². The molecular formula is C7H7BrClNO4S2. The molecule has 0 saturated carbocycles. The highest BCUT2D eigenvalue weighted by Gasteiger charge is 2.24. The minimum atomic E-state index is -3.83. The summed E-state index contributed by atoms with van der Waals surface area (Å²) in [7, 11) is -3.83. The first-order valence-electron chi connectivity index (χ1n) is 3.94. The van der Waals surface area contributed by atoms with Gasteiger partial charge in [0, 0.05) is 0 Å². The van der Waals surface area contributed by atoms with Gasteiger partial charge in [0.15, 0.2) is 0 Å². The lowest BCUT2D eigenvalue weighted by Crippen LogP contribution is -2.37. The SMILES string of the molecule is CC(NS(=O)(=O)c1cc(Cl)c(Br)s1)C(=O)O. The van der Waals surface area contributed by atoms with Crippen molar-refractivity contribution >= 4 is 54.9 Å². The van der Waals surface area contributed by atoms with Gasteiger partial charge >= 0.3 is 5.97 Å². The van der Waals surface area contributed by atoms with Crippen molar-refractivity contribution in [2.24, 2.45) is 0 Å². The number of carboxylic acids is 1. The number of sulfonamides is 1. The molecule has 16 heavy (non-hydrogen) atoms. The predicted octanol–water partition coefficient (Wildman–Crippen LogP) is 1.92. The Kier molecular flexibility index (Phi) is 4.35. The summed E-state index contributed by atoms with van der Waals surface area (Å²) in [6.07, 6.45) is 0. The molecule has 2 N–H and O–H groups in total. The highest BCUT2D eigenvalue weighted by atomic mass is 79.9. The van der Waals surface area contributed by atoms with E-state index in [-0.39, 0.29) is 9.23 Å². The Morgan fingerprint density at radius 1 is 1.69 bits per heavy atom. The molecule has 0 aliphatic heterocycles. The summed E-state index contributed by atoms with van der Waals surface area (Å²) in [6.45, 7) is 1.24. The molecule has 0 radical (unpaired) electrons. The molecule has 1 atom stereocenters. The van der Waals surface area contributed by atoms with Crippen molar-refractivity contribution < 1.29 is 18.3 Å². The lowest BCUT2D eigenvalue weighted by atomic mass is 10.4. The molecule has 0 spiro atoms. The largest absolute Gasteiger partial charge is 0.480 e. The van der Waals surface area contributed by atoms with E-state index in [1.54, 1.807) is 0 Å². The maximum absolute atomic E-state index is 11.7. The zero-order chi connectivity index (χ0) is 12.5. The Balaban J connectivity index is 2.99. The van der Waals surface area contributed by atoms with Gasteiger partial charge in [0.05, 0.1) is 8.81 Å². The molecule has 0 amide bonds. The third kappa shape index (κ3) is 3.17. The predicted molar refractivity (Wildman–Crippen MR) is 64.4 cm³/mol. The van der Waals surface area contributed by atoms with Gasteiger partial charge in [-0.25, -0.2) is 8.42 Å². The fourth-order valence-corrected chi connectivity index (χ4v) is 4.41. The number of hydrogen-bond acceptors (Lipinski definition) is 4. The first-order valence-corrected chi connectivity index (χ1v) is 7.41. The first-order chi connectivity index (χ1) is 7.24. The molecule has 1 aromatic heterocycles. The molecule has 0 saturated heterocycles. The van der Waals surface area contributed by atoms with Crippen LogP contribution in [-0.2, 0) is 14.8 Å². The summed E-state index contributed by atoms with van der Waals surface area (Å²) in [5.41, 5.74) is 0. The van der Waals surface area contributed by atoms with Crippen LogP contribution in [0.3, 0.4) is 0 Å². The summed E-state index contributed by atoms with van der Waals surface area (Å²) < 4.78 is 25.8. The summed E-state index contributed by atoms with van der Waals surface area (Å²) in [4.78, 5) is 10.5. The average molecular weight is 349 g/mol. The van der Waals surface area contributed by atoms with Gasteiger partial charge in [-0.15, -0.1) is 11.3 Å². The second-order valence-corrected chi connectivity index (χ2v) is 7.59. The number of hydrogen-bond donors (Lipinski definition) is 2. The van der Waals surface area contributed by atoms with Crippen LogP contribution in [0.1, 0.15) is 6.92 Å². The van der Waals surface area contributed by atoms with Gasteiger partial charge in [-0.1, -0.05) is 11.6 Å². The van der Waals surface area contributed by atoms with E-state index < -0.39 is 22.0 Å². The summed E-state index contributed by atoms with van der Waals surface area (Å²) >= 11 is 9.69. The van der Waals surface area contributed by atoms with Crippen molar-refractivity contribution in [2.45, 2.75) is 17.2 Å². The summed E-state index contributed by atoms with van der Waals surface area (Å²) in [5, 5.41) is 8.86. The summed E-state index contributed by atoms with van der Waals surface area (Å²) in [6, 6.07) is 0.0670. The molecule has 0 aromatic carbocycles. The second kappa shape index (κ2) is 5.01. The van der Waals surface area contributed by atoms with Crippen LogP contribution in [-0.4, -0.2) is 25.5 Å². The van der Waals surface area contributed by atoms with E-state index in [0.29, 0.717) is 3.79 Å². The minimum absolute atomic E-state index is 0.0301. The van der Waals surface area contributed by atoms with E-state index in [2.05, 4.69) is 15.9 Å². The Morgan fingerprint density at radius 2 is 2.25 bits per heavy atom. The van der Waals surface area contributed by atoms with Crippen molar-refractivity contribution in [3.63, 3.8) is 0 Å².